The molecule has 1 aromatic rings. The Morgan fingerprint density at radius 3 is 2.44 bits per heavy atom. The van der Waals surface area contributed by atoms with Gasteiger partial charge in [-0.3, -0.25) is 0 Å². The zero-order valence-electron chi connectivity index (χ0n) is 10.2. The number of carboxylic acid groups (broad SMARTS) is 1. The first-order valence-corrected chi connectivity index (χ1v) is 5.35. The Bertz CT molecular complexity index is 453. The lowest BCUT2D eigenvalue weighted by atomic mass is 10.1. The monoisotopic (exact) mass is 249 g/mol. The Labute approximate surface area is 105 Å². The number of allylic oxidation sites excluding steroid dienone is 1. The number of aliphatic carboxylic acids is 1. The zero-order valence-corrected chi connectivity index (χ0v) is 10.2. The number of ether oxygens (including phenoxy) is 1. The second-order valence-electron chi connectivity index (χ2n) is 3.68. The van der Waals surface area contributed by atoms with Crippen molar-refractivity contribution in [3.63, 3.8) is 0 Å². The summed E-state index contributed by atoms with van der Waals surface area (Å²) in [6.07, 6.45) is 1.21. The Balaban J connectivity index is 2.86. The van der Waals surface area contributed by atoms with E-state index in [2.05, 4.69) is 10.1 Å². The molecule has 1 rings (SSSR count). The summed E-state index contributed by atoms with van der Waals surface area (Å²) in [6, 6.07) is 7.83. The van der Waals surface area contributed by atoms with Gasteiger partial charge in [0.15, 0.2) is 0 Å². The fourth-order valence-corrected chi connectivity index (χ4v) is 1.44. The molecule has 0 aliphatic rings. The van der Waals surface area contributed by atoms with E-state index in [9.17, 15) is 9.59 Å². The molecule has 0 fully saturated rings. The van der Waals surface area contributed by atoms with Crippen molar-refractivity contribution in [2.24, 2.45) is 0 Å². The maximum atomic E-state index is 11.2. The first kappa shape index (κ1) is 13.8. The number of nitrogens with one attached hydrogen (secondary N) is 1. The molecule has 0 aliphatic heterocycles. The summed E-state index contributed by atoms with van der Waals surface area (Å²) in [5.41, 5.74) is 1.04. The van der Waals surface area contributed by atoms with Crippen LogP contribution in [0.3, 0.4) is 0 Å². The van der Waals surface area contributed by atoms with E-state index in [4.69, 9.17) is 5.11 Å². The first-order chi connectivity index (χ1) is 8.54. The van der Waals surface area contributed by atoms with Crippen molar-refractivity contribution in [3.8, 4) is 0 Å². The van der Waals surface area contributed by atoms with Gasteiger partial charge in [0.2, 0.25) is 0 Å². The minimum absolute atomic E-state index is 0.429. The van der Waals surface area contributed by atoms with Gasteiger partial charge >= 0.3 is 11.9 Å². The summed E-state index contributed by atoms with van der Waals surface area (Å²) in [5.74, 6) is -1.55. The molecule has 0 aromatic heterocycles. The molecule has 18 heavy (non-hydrogen) atoms. The van der Waals surface area contributed by atoms with Gasteiger partial charge in [0.05, 0.1) is 7.11 Å². The summed E-state index contributed by atoms with van der Waals surface area (Å²) in [7, 11) is 1.26. The molecule has 1 aromatic carbocycles. The lowest BCUT2D eigenvalue weighted by Gasteiger charge is -2.16. The van der Waals surface area contributed by atoms with Gasteiger partial charge in [-0.15, -0.1) is 0 Å². The molecule has 96 valence electrons. The third kappa shape index (κ3) is 3.93. The van der Waals surface area contributed by atoms with Crippen LogP contribution in [0.1, 0.15) is 18.5 Å². The highest BCUT2D eigenvalue weighted by molar-refractivity contribution is 5.83. The van der Waals surface area contributed by atoms with Crippen LogP contribution in [-0.2, 0) is 14.3 Å². The highest BCUT2D eigenvalue weighted by Gasteiger charge is 2.19. The predicted molar refractivity (Wildman–Crippen MR) is 65.7 cm³/mol. The molecule has 0 bridgehead atoms. The average Bonchev–Trinajstić information content (AvgIpc) is 2.36. The third-order valence-corrected chi connectivity index (χ3v) is 2.29. The molecule has 1 atom stereocenters. The molecule has 5 heteroatoms. The molecular weight excluding hydrogens is 234 g/mol. The van der Waals surface area contributed by atoms with Crippen LogP contribution in [0.15, 0.2) is 42.1 Å². The SMILES string of the molecule is COC(=O)C=C(C)N[C@@H](C(=O)O)c1ccccc1. The van der Waals surface area contributed by atoms with E-state index in [0.717, 1.165) is 0 Å². The Kier molecular flexibility index (Phi) is 4.92. The minimum atomic E-state index is -1.01. The Hall–Kier alpha value is -2.30. The number of carbonyl (C=O) groups excluding carboxylic acids is 1. The van der Waals surface area contributed by atoms with E-state index in [1.807, 2.05) is 0 Å². The van der Waals surface area contributed by atoms with Crippen LogP contribution in [-0.4, -0.2) is 24.2 Å². The van der Waals surface area contributed by atoms with E-state index in [-0.39, 0.29) is 0 Å². The second kappa shape index (κ2) is 6.44. The third-order valence-electron chi connectivity index (χ3n) is 2.29. The molecule has 0 spiro atoms. The molecule has 0 saturated heterocycles. The fourth-order valence-electron chi connectivity index (χ4n) is 1.44. The zero-order chi connectivity index (χ0) is 13.5. The van der Waals surface area contributed by atoms with Gasteiger partial charge in [-0.1, -0.05) is 30.3 Å². The van der Waals surface area contributed by atoms with Gasteiger partial charge < -0.3 is 15.2 Å². The van der Waals surface area contributed by atoms with Crippen molar-refractivity contribution < 1.29 is 19.4 Å². The van der Waals surface area contributed by atoms with Crippen LogP contribution in [0.4, 0.5) is 0 Å². The molecule has 2 N–H and O–H groups in total. The number of methoxy groups -OCH3 is 1. The largest absolute Gasteiger partial charge is 0.479 e. The topological polar surface area (TPSA) is 75.6 Å². The Morgan fingerprint density at radius 2 is 1.94 bits per heavy atom. The number of hydrogen-bond donors (Lipinski definition) is 2. The Morgan fingerprint density at radius 1 is 1.33 bits per heavy atom. The van der Waals surface area contributed by atoms with Crippen LogP contribution in [0.25, 0.3) is 0 Å². The van der Waals surface area contributed by atoms with E-state index < -0.39 is 18.0 Å². The van der Waals surface area contributed by atoms with E-state index in [1.165, 1.54) is 13.2 Å². The van der Waals surface area contributed by atoms with Crippen LogP contribution < -0.4 is 5.32 Å². The highest BCUT2D eigenvalue weighted by atomic mass is 16.5. The van der Waals surface area contributed by atoms with Crippen LogP contribution in [0, 0.1) is 0 Å². The quantitative estimate of drug-likeness (QED) is 0.610. The molecule has 0 radical (unpaired) electrons. The molecule has 5 nitrogen and oxygen atoms in total. The summed E-state index contributed by atoms with van der Waals surface area (Å²) < 4.78 is 4.47. The maximum absolute atomic E-state index is 11.2. The van der Waals surface area contributed by atoms with Gasteiger partial charge in [0.1, 0.15) is 6.04 Å². The normalized spacial score (nSPS) is 12.7. The fraction of sp³-hybridized carbons (Fsp3) is 0.231. The highest BCUT2D eigenvalue weighted by Crippen LogP contribution is 2.14. The maximum Gasteiger partial charge on any atom is 0.332 e. The van der Waals surface area contributed by atoms with Gasteiger partial charge in [-0.05, 0) is 12.5 Å². The van der Waals surface area contributed by atoms with Crippen molar-refractivity contribution in [1.29, 1.82) is 0 Å². The number of hydrogen-bond acceptors (Lipinski definition) is 4. The molecule has 0 unspecified atom stereocenters. The summed E-state index contributed by atoms with van der Waals surface area (Å²) in [5, 5.41) is 11.9. The van der Waals surface area contributed by atoms with Crippen molar-refractivity contribution in [2.45, 2.75) is 13.0 Å². The molecule has 0 amide bonds. The minimum Gasteiger partial charge on any atom is -0.479 e. The molecule has 0 heterocycles. The van der Waals surface area contributed by atoms with Gasteiger partial charge in [0, 0.05) is 11.8 Å². The lowest BCUT2D eigenvalue weighted by Crippen LogP contribution is -2.27. The molecule has 0 saturated carbocycles. The van der Waals surface area contributed by atoms with E-state index in [0.29, 0.717) is 11.3 Å². The second-order valence-corrected chi connectivity index (χ2v) is 3.68. The van der Waals surface area contributed by atoms with E-state index >= 15 is 0 Å². The number of rotatable bonds is 5. The van der Waals surface area contributed by atoms with Crippen LogP contribution >= 0.6 is 0 Å². The standard InChI is InChI=1S/C13H15NO4/c1-9(8-11(15)18-2)14-12(13(16)17)10-6-4-3-5-7-10/h3-8,12,14H,1-2H3,(H,16,17)/t12-/m1/s1. The van der Waals surface area contributed by atoms with Crippen LogP contribution in [0.2, 0.25) is 0 Å². The van der Waals surface area contributed by atoms with Gasteiger partial charge in [0.25, 0.3) is 0 Å². The summed E-state index contributed by atoms with van der Waals surface area (Å²) >= 11 is 0. The van der Waals surface area contributed by atoms with Gasteiger partial charge in [-0.25, -0.2) is 9.59 Å². The van der Waals surface area contributed by atoms with Crippen molar-refractivity contribution in [3.05, 3.63) is 47.7 Å². The number of benzene rings is 1. The van der Waals surface area contributed by atoms with Crippen molar-refractivity contribution >= 4 is 11.9 Å². The molecular formula is C13H15NO4. The van der Waals surface area contributed by atoms with Crippen molar-refractivity contribution in [1.82, 2.24) is 5.32 Å². The average molecular weight is 249 g/mol. The summed E-state index contributed by atoms with van der Waals surface area (Å²) in [4.78, 5) is 22.2. The summed E-state index contributed by atoms with van der Waals surface area (Å²) in [6.45, 7) is 1.61. The number of esters is 1. The van der Waals surface area contributed by atoms with Crippen molar-refractivity contribution in [2.75, 3.05) is 7.11 Å². The van der Waals surface area contributed by atoms with Gasteiger partial charge in [-0.2, -0.15) is 0 Å². The number of carboxylic acids is 1. The number of carbonyl (C=O) groups is 2. The molecule has 0 aliphatic carbocycles. The van der Waals surface area contributed by atoms with Crippen LogP contribution in [0.5, 0.6) is 0 Å². The predicted octanol–water partition coefficient (Wildman–Crippen LogP) is 1.48. The van der Waals surface area contributed by atoms with E-state index in [1.54, 1.807) is 37.3 Å². The first-order valence-electron chi connectivity index (χ1n) is 5.35. The smallest absolute Gasteiger partial charge is 0.332 e. The lowest BCUT2D eigenvalue weighted by molar-refractivity contribution is -0.139.